The van der Waals surface area contributed by atoms with Crippen molar-refractivity contribution in [2.75, 3.05) is 20.3 Å². The minimum absolute atomic E-state index is 0.219. The third kappa shape index (κ3) is 3.81. The van der Waals surface area contributed by atoms with Gasteiger partial charge in [-0.05, 0) is 12.1 Å². The summed E-state index contributed by atoms with van der Waals surface area (Å²) in [7, 11) is 1.58. The van der Waals surface area contributed by atoms with Crippen LogP contribution in [0.15, 0.2) is 24.3 Å². The first-order valence-corrected chi connectivity index (χ1v) is 5.19. The SMILES string of the molecule is CCC(=O)OCCOc1ccccc1OC. The first kappa shape index (κ1) is 12.4. The zero-order chi connectivity index (χ0) is 11.8. The number of benzene rings is 1. The molecular weight excluding hydrogens is 208 g/mol. The molecule has 1 aromatic rings. The van der Waals surface area contributed by atoms with Crippen molar-refractivity contribution in [3.63, 3.8) is 0 Å². The van der Waals surface area contributed by atoms with Gasteiger partial charge < -0.3 is 14.2 Å². The maximum Gasteiger partial charge on any atom is 0.305 e. The van der Waals surface area contributed by atoms with Crippen LogP contribution in [0.2, 0.25) is 0 Å². The number of ether oxygens (including phenoxy) is 3. The zero-order valence-corrected chi connectivity index (χ0v) is 9.56. The first-order chi connectivity index (χ1) is 7.77. The van der Waals surface area contributed by atoms with Gasteiger partial charge in [0.05, 0.1) is 7.11 Å². The number of carbonyl (C=O) groups is 1. The third-order valence-electron chi connectivity index (χ3n) is 1.96. The van der Waals surface area contributed by atoms with Crippen molar-refractivity contribution in [3.8, 4) is 11.5 Å². The molecule has 1 aromatic carbocycles. The van der Waals surface area contributed by atoms with E-state index in [9.17, 15) is 4.79 Å². The van der Waals surface area contributed by atoms with Crippen LogP contribution < -0.4 is 9.47 Å². The van der Waals surface area contributed by atoms with Crippen LogP contribution in [-0.2, 0) is 9.53 Å². The van der Waals surface area contributed by atoms with Crippen molar-refractivity contribution >= 4 is 5.97 Å². The Balaban J connectivity index is 2.34. The largest absolute Gasteiger partial charge is 0.493 e. The van der Waals surface area contributed by atoms with Crippen molar-refractivity contribution in [1.82, 2.24) is 0 Å². The van der Waals surface area contributed by atoms with Crippen molar-refractivity contribution in [2.24, 2.45) is 0 Å². The summed E-state index contributed by atoms with van der Waals surface area (Å²) in [6.07, 6.45) is 0.384. The average Bonchev–Trinajstić information content (AvgIpc) is 2.34. The topological polar surface area (TPSA) is 44.8 Å². The Morgan fingerprint density at radius 1 is 1.19 bits per heavy atom. The van der Waals surface area contributed by atoms with E-state index in [0.29, 0.717) is 24.5 Å². The summed E-state index contributed by atoms with van der Waals surface area (Å²) in [5.41, 5.74) is 0. The van der Waals surface area contributed by atoms with E-state index in [4.69, 9.17) is 14.2 Å². The molecule has 0 fully saturated rings. The van der Waals surface area contributed by atoms with Crippen molar-refractivity contribution in [1.29, 1.82) is 0 Å². The van der Waals surface area contributed by atoms with E-state index < -0.39 is 0 Å². The van der Waals surface area contributed by atoms with Gasteiger partial charge in [-0.2, -0.15) is 0 Å². The van der Waals surface area contributed by atoms with Crippen LogP contribution in [0.3, 0.4) is 0 Å². The highest BCUT2D eigenvalue weighted by atomic mass is 16.6. The number of rotatable bonds is 6. The Labute approximate surface area is 95.1 Å². The molecule has 0 saturated heterocycles. The van der Waals surface area contributed by atoms with Gasteiger partial charge in [0.2, 0.25) is 0 Å². The Morgan fingerprint density at radius 2 is 1.88 bits per heavy atom. The molecule has 0 heterocycles. The predicted molar refractivity (Wildman–Crippen MR) is 59.7 cm³/mol. The molecule has 0 aliphatic rings. The molecule has 0 spiro atoms. The quantitative estimate of drug-likeness (QED) is 0.548. The summed E-state index contributed by atoms with van der Waals surface area (Å²) < 4.78 is 15.4. The lowest BCUT2D eigenvalue weighted by Gasteiger charge is -2.10. The summed E-state index contributed by atoms with van der Waals surface area (Å²) in [4.78, 5) is 10.8. The molecule has 16 heavy (non-hydrogen) atoms. The van der Waals surface area contributed by atoms with Crippen molar-refractivity contribution in [3.05, 3.63) is 24.3 Å². The molecule has 4 nitrogen and oxygen atoms in total. The van der Waals surface area contributed by atoms with Gasteiger partial charge in [-0.3, -0.25) is 4.79 Å². The van der Waals surface area contributed by atoms with Crippen LogP contribution in [0.1, 0.15) is 13.3 Å². The lowest BCUT2D eigenvalue weighted by Crippen LogP contribution is -2.11. The molecule has 0 aliphatic heterocycles. The molecule has 0 atom stereocenters. The monoisotopic (exact) mass is 224 g/mol. The van der Waals surface area contributed by atoms with Gasteiger partial charge in [0, 0.05) is 6.42 Å². The Kier molecular flexibility index (Phi) is 5.19. The fourth-order valence-electron chi connectivity index (χ4n) is 1.15. The van der Waals surface area contributed by atoms with E-state index in [1.54, 1.807) is 20.1 Å². The maximum atomic E-state index is 10.8. The molecule has 0 aromatic heterocycles. The number of hydrogen-bond acceptors (Lipinski definition) is 4. The second kappa shape index (κ2) is 6.71. The van der Waals surface area contributed by atoms with Crippen LogP contribution in [0.4, 0.5) is 0 Å². The van der Waals surface area contributed by atoms with Gasteiger partial charge in [-0.1, -0.05) is 19.1 Å². The molecule has 0 amide bonds. The van der Waals surface area contributed by atoms with Gasteiger partial charge >= 0.3 is 5.97 Å². The molecule has 0 saturated carbocycles. The van der Waals surface area contributed by atoms with Crippen LogP contribution in [0.25, 0.3) is 0 Å². The second-order valence-corrected chi connectivity index (χ2v) is 3.07. The molecular formula is C12H16O4. The van der Waals surface area contributed by atoms with Crippen molar-refractivity contribution in [2.45, 2.75) is 13.3 Å². The van der Waals surface area contributed by atoms with Gasteiger partial charge in [-0.15, -0.1) is 0 Å². The molecule has 4 heteroatoms. The fraction of sp³-hybridized carbons (Fsp3) is 0.417. The number of esters is 1. The standard InChI is InChI=1S/C12H16O4/c1-3-12(13)16-9-8-15-11-7-5-4-6-10(11)14-2/h4-7H,3,8-9H2,1-2H3. The van der Waals surface area contributed by atoms with Crippen LogP contribution in [-0.4, -0.2) is 26.3 Å². The minimum atomic E-state index is -0.219. The summed E-state index contributed by atoms with van der Waals surface area (Å²) in [6, 6.07) is 7.34. The maximum absolute atomic E-state index is 10.8. The molecule has 1 rings (SSSR count). The first-order valence-electron chi connectivity index (χ1n) is 5.19. The molecule has 0 unspecified atom stereocenters. The smallest absolute Gasteiger partial charge is 0.305 e. The number of para-hydroxylation sites is 2. The Hall–Kier alpha value is -1.71. The van der Waals surface area contributed by atoms with Crippen LogP contribution >= 0.6 is 0 Å². The number of methoxy groups -OCH3 is 1. The third-order valence-corrected chi connectivity index (χ3v) is 1.96. The fourth-order valence-corrected chi connectivity index (χ4v) is 1.15. The Bertz CT molecular complexity index is 336. The van der Waals surface area contributed by atoms with Crippen molar-refractivity contribution < 1.29 is 19.0 Å². The van der Waals surface area contributed by atoms with E-state index in [0.717, 1.165) is 0 Å². The average molecular weight is 224 g/mol. The predicted octanol–water partition coefficient (Wildman–Crippen LogP) is 2.03. The van der Waals surface area contributed by atoms with Gasteiger partial charge in [0.15, 0.2) is 11.5 Å². The molecule has 0 bridgehead atoms. The molecule has 0 N–H and O–H groups in total. The zero-order valence-electron chi connectivity index (χ0n) is 9.56. The Morgan fingerprint density at radius 3 is 2.50 bits per heavy atom. The highest BCUT2D eigenvalue weighted by molar-refractivity contribution is 5.68. The van der Waals surface area contributed by atoms with E-state index in [1.807, 2.05) is 18.2 Å². The minimum Gasteiger partial charge on any atom is -0.493 e. The van der Waals surface area contributed by atoms with Gasteiger partial charge in [0.25, 0.3) is 0 Å². The molecule has 88 valence electrons. The highest BCUT2D eigenvalue weighted by Gasteiger charge is 2.03. The van der Waals surface area contributed by atoms with Gasteiger partial charge in [-0.25, -0.2) is 0 Å². The van der Waals surface area contributed by atoms with E-state index >= 15 is 0 Å². The molecule has 0 aliphatic carbocycles. The van der Waals surface area contributed by atoms with E-state index in [1.165, 1.54) is 0 Å². The van der Waals surface area contributed by atoms with E-state index in [2.05, 4.69) is 0 Å². The van der Waals surface area contributed by atoms with Crippen LogP contribution in [0.5, 0.6) is 11.5 Å². The summed E-state index contributed by atoms with van der Waals surface area (Å²) >= 11 is 0. The second-order valence-electron chi connectivity index (χ2n) is 3.07. The highest BCUT2D eigenvalue weighted by Crippen LogP contribution is 2.25. The summed E-state index contributed by atoms with van der Waals surface area (Å²) in [5.74, 6) is 1.10. The van der Waals surface area contributed by atoms with Gasteiger partial charge in [0.1, 0.15) is 13.2 Å². The lowest BCUT2D eigenvalue weighted by atomic mass is 10.3. The van der Waals surface area contributed by atoms with Crippen LogP contribution in [0, 0.1) is 0 Å². The summed E-state index contributed by atoms with van der Waals surface area (Å²) in [5, 5.41) is 0. The molecule has 0 radical (unpaired) electrons. The normalized spacial score (nSPS) is 9.62. The van der Waals surface area contributed by atoms with E-state index in [-0.39, 0.29) is 12.6 Å². The summed E-state index contributed by atoms with van der Waals surface area (Å²) in [6.45, 7) is 2.33. The number of carbonyl (C=O) groups excluding carboxylic acids is 1. The lowest BCUT2D eigenvalue weighted by molar-refractivity contribution is -0.143. The number of hydrogen-bond donors (Lipinski definition) is 0.